The number of carbonyl (C=O) groups is 1. The Kier molecular flexibility index (Phi) is 5.67. The van der Waals surface area contributed by atoms with Crippen LogP contribution in [0.2, 0.25) is 0 Å². The van der Waals surface area contributed by atoms with Crippen molar-refractivity contribution in [2.45, 2.75) is 0 Å². The van der Waals surface area contributed by atoms with E-state index in [1.54, 1.807) is 56.7 Å². The van der Waals surface area contributed by atoms with Gasteiger partial charge >= 0.3 is 0 Å². The van der Waals surface area contributed by atoms with Crippen molar-refractivity contribution in [1.82, 2.24) is 9.97 Å². The summed E-state index contributed by atoms with van der Waals surface area (Å²) in [5, 5.41) is 14.8. The Labute approximate surface area is 161 Å². The molecule has 1 amide bonds. The van der Waals surface area contributed by atoms with Crippen molar-refractivity contribution in [1.29, 1.82) is 5.26 Å². The average Bonchev–Trinajstić information content (AvgIpc) is 2.74. The van der Waals surface area contributed by atoms with Gasteiger partial charge in [0.05, 0.1) is 25.5 Å². The SMILES string of the molecule is COc1ccc(Nc2nccc(C(=O)Nc3ccccc3C#N)n2)cc1OC. The second-order valence-corrected chi connectivity index (χ2v) is 5.57. The smallest absolute Gasteiger partial charge is 0.274 e. The molecule has 0 atom stereocenters. The molecule has 0 aliphatic carbocycles. The maximum Gasteiger partial charge on any atom is 0.274 e. The third-order valence-electron chi connectivity index (χ3n) is 3.82. The Morgan fingerprint density at radius 2 is 1.86 bits per heavy atom. The highest BCUT2D eigenvalue weighted by atomic mass is 16.5. The number of anilines is 3. The average molecular weight is 375 g/mol. The van der Waals surface area contributed by atoms with Gasteiger partial charge in [-0.1, -0.05) is 12.1 Å². The zero-order valence-corrected chi connectivity index (χ0v) is 15.3. The summed E-state index contributed by atoms with van der Waals surface area (Å²) in [4.78, 5) is 20.9. The fraction of sp³-hybridized carbons (Fsp3) is 0.100. The quantitative estimate of drug-likeness (QED) is 0.680. The molecule has 0 aliphatic rings. The number of aromatic nitrogens is 2. The van der Waals surface area contributed by atoms with Crippen LogP contribution in [0.15, 0.2) is 54.7 Å². The fourth-order valence-electron chi connectivity index (χ4n) is 2.46. The van der Waals surface area contributed by atoms with Gasteiger partial charge in [0, 0.05) is 18.0 Å². The molecule has 0 radical (unpaired) electrons. The Balaban J connectivity index is 1.79. The van der Waals surface area contributed by atoms with Crippen molar-refractivity contribution in [2.24, 2.45) is 0 Å². The molecule has 8 heteroatoms. The van der Waals surface area contributed by atoms with Gasteiger partial charge in [-0.25, -0.2) is 9.97 Å². The maximum absolute atomic E-state index is 12.5. The molecular weight excluding hydrogens is 358 g/mol. The predicted octanol–water partition coefficient (Wildman–Crippen LogP) is 3.36. The van der Waals surface area contributed by atoms with E-state index in [4.69, 9.17) is 14.7 Å². The van der Waals surface area contributed by atoms with Crippen LogP contribution in [0.3, 0.4) is 0 Å². The van der Waals surface area contributed by atoms with Gasteiger partial charge in [-0.15, -0.1) is 0 Å². The Bertz CT molecular complexity index is 1050. The molecule has 3 aromatic rings. The van der Waals surface area contributed by atoms with Gasteiger partial charge in [0.1, 0.15) is 11.8 Å². The molecule has 0 fully saturated rings. The van der Waals surface area contributed by atoms with Crippen LogP contribution in [0.5, 0.6) is 11.5 Å². The van der Waals surface area contributed by atoms with Gasteiger partial charge in [0.15, 0.2) is 11.5 Å². The summed E-state index contributed by atoms with van der Waals surface area (Å²) in [6.07, 6.45) is 1.47. The first-order valence-corrected chi connectivity index (χ1v) is 8.27. The number of ether oxygens (including phenoxy) is 2. The van der Waals surface area contributed by atoms with Crippen LogP contribution in [0.1, 0.15) is 16.1 Å². The minimum absolute atomic E-state index is 0.158. The predicted molar refractivity (Wildman–Crippen MR) is 104 cm³/mol. The van der Waals surface area contributed by atoms with Crippen molar-refractivity contribution in [3.8, 4) is 17.6 Å². The number of amides is 1. The molecule has 0 aliphatic heterocycles. The largest absolute Gasteiger partial charge is 0.493 e. The monoisotopic (exact) mass is 375 g/mol. The highest BCUT2D eigenvalue weighted by Crippen LogP contribution is 2.30. The lowest BCUT2D eigenvalue weighted by molar-refractivity contribution is 0.102. The first-order chi connectivity index (χ1) is 13.6. The molecule has 0 saturated carbocycles. The van der Waals surface area contributed by atoms with E-state index in [9.17, 15) is 4.79 Å². The normalized spacial score (nSPS) is 9.89. The van der Waals surface area contributed by atoms with Gasteiger partial charge in [-0.2, -0.15) is 5.26 Å². The number of hydrogen-bond donors (Lipinski definition) is 2. The second kappa shape index (κ2) is 8.51. The van der Waals surface area contributed by atoms with E-state index in [1.165, 1.54) is 12.3 Å². The van der Waals surface area contributed by atoms with Gasteiger partial charge in [0.25, 0.3) is 5.91 Å². The molecular formula is C20H17N5O3. The number of nitrogens with zero attached hydrogens (tertiary/aromatic N) is 3. The molecule has 28 heavy (non-hydrogen) atoms. The molecule has 2 N–H and O–H groups in total. The molecule has 2 aromatic carbocycles. The topological polar surface area (TPSA) is 109 Å². The van der Waals surface area contributed by atoms with Crippen LogP contribution in [0, 0.1) is 11.3 Å². The molecule has 140 valence electrons. The number of nitriles is 1. The minimum atomic E-state index is -0.444. The Morgan fingerprint density at radius 3 is 2.61 bits per heavy atom. The first-order valence-electron chi connectivity index (χ1n) is 8.27. The summed E-state index contributed by atoms with van der Waals surface area (Å²) >= 11 is 0. The number of rotatable bonds is 6. The Hall–Kier alpha value is -4.12. The molecule has 0 bridgehead atoms. The maximum atomic E-state index is 12.5. The van der Waals surface area contributed by atoms with Crippen molar-refractivity contribution < 1.29 is 14.3 Å². The van der Waals surface area contributed by atoms with E-state index < -0.39 is 5.91 Å². The lowest BCUT2D eigenvalue weighted by Crippen LogP contribution is -2.15. The van der Waals surface area contributed by atoms with Crippen molar-refractivity contribution in [2.75, 3.05) is 24.9 Å². The van der Waals surface area contributed by atoms with Gasteiger partial charge in [-0.05, 0) is 30.3 Å². The van der Waals surface area contributed by atoms with Crippen LogP contribution < -0.4 is 20.1 Å². The zero-order chi connectivity index (χ0) is 19.9. The number of benzene rings is 2. The summed E-state index contributed by atoms with van der Waals surface area (Å²) in [6, 6.07) is 15.5. The summed E-state index contributed by atoms with van der Waals surface area (Å²) in [6.45, 7) is 0. The van der Waals surface area contributed by atoms with Crippen LogP contribution in [0.4, 0.5) is 17.3 Å². The third kappa shape index (κ3) is 4.16. The molecule has 1 heterocycles. The number of hydrogen-bond acceptors (Lipinski definition) is 7. The van der Waals surface area contributed by atoms with E-state index in [2.05, 4.69) is 20.6 Å². The van der Waals surface area contributed by atoms with Gasteiger partial charge in [0.2, 0.25) is 5.95 Å². The van der Waals surface area contributed by atoms with Crippen LogP contribution in [-0.2, 0) is 0 Å². The number of methoxy groups -OCH3 is 2. The number of para-hydroxylation sites is 1. The van der Waals surface area contributed by atoms with E-state index in [0.29, 0.717) is 28.4 Å². The highest BCUT2D eigenvalue weighted by molar-refractivity contribution is 6.03. The standard InChI is InChI=1S/C20H17N5O3/c1-27-17-8-7-14(11-18(17)28-2)23-20-22-10-9-16(25-20)19(26)24-15-6-4-3-5-13(15)12-21/h3-11H,1-2H3,(H,24,26)(H,22,23,25). The molecule has 0 spiro atoms. The molecule has 8 nitrogen and oxygen atoms in total. The second-order valence-electron chi connectivity index (χ2n) is 5.57. The summed E-state index contributed by atoms with van der Waals surface area (Å²) in [7, 11) is 3.10. The van der Waals surface area contributed by atoms with Crippen molar-refractivity contribution in [3.05, 3.63) is 66.0 Å². The van der Waals surface area contributed by atoms with Crippen molar-refractivity contribution >= 4 is 23.2 Å². The summed E-state index contributed by atoms with van der Waals surface area (Å²) in [5.74, 6) is 0.946. The van der Waals surface area contributed by atoms with E-state index >= 15 is 0 Å². The van der Waals surface area contributed by atoms with Crippen molar-refractivity contribution in [3.63, 3.8) is 0 Å². The molecule has 0 saturated heterocycles. The summed E-state index contributed by atoms with van der Waals surface area (Å²) < 4.78 is 10.5. The Morgan fingerprint density at radius 1 is 1.07 bits per heavy atom. The lowest BCUT2D eigenvalue weighted by Gasteiger charge is -2.11. The minimum Gasteiger partial charge on any atom is -0.493 e. The summed E-state index contributed by atoms with van der Waals surface area (Å²) in [5.41, 5.74) is 1.62. The lowest BCUT2D eigenvalue weighted by atomic mass is 10.2. The molecule has 3 rings (SSSR count). The fourth-order valence-corrected chi connectivity index (χ4v) is 2.46. The highest BCUT2D eigenvalue weighted by Gasteiger charge is 2.12. The van der Waals surface area contributed by atoms with Crippen LogP contribution in [-0.4, -0.2) is 30.1 Å². The van der Waals surface area contributed by atoms with Crippen LogP contribution >= 0.6 is 0 Å². The zero-order valence-electron chi connectivity index (χ0n) is 15.3. The molecule has 0 unspecified atom stereocenters. The molecule has 1 aromatic heterocycles. The van der Waals surface area contributed by atoms with Gasteiger partial charge in [-0.3, -0.25) is 4.79 Å². The van der Waals surface area contributed by atoms with E-state index in [1.807, 2.05) is 6.07 Å². The number of carbonyl (C=O) groups excluding carboxylic acids is 1. The first kappa shape index (κ1) is 18.7. The van der Waals surface area contributed by atoms with Crippen LogP contribution in [0.25, 0.3) is 0 Å². The number of nitrogens with one attached hydrogen (secondary N) is 2. The third-order valence-corrected chi connectivity index (χ3v) is 3.82. The van der Waals surface area contributed by atoms with E-state index in [-0.39, 0.29) is 11.6 Å². The van der Waals surface area contributed by atoms with Gasteiger partial charge < -0.3 is 20.1 Å². The van der Waals surface area contributed by atoms with E-state index in [0.717, 1.165) is 0 Å².